The van der Waals surface area contributed by atoms with E-state index in [9.17, 15) is 15.0 Å². The van der Waals surface area contributed by atoms with Gasteiger partial charge in [-0.25, -0.2) is 4.79 Å². The van der Waals surface area contributed by atoms with Crippen LogP contribution in [0.1, 0.15) is 22.3 Å². The number of aromatic nitrogens is 2. The Labute approximate surface area is 128 Å². The molecule has 1 aromatic heterocycles. The van der Waals surface area contributed by atoms with E-state index in [0.717, 1.165) is 30.6 Å². The van der Waals surface area contributed by atoms with Crippen molar-refractivity contribution < 1.29 is 15.0 Å². The molecule has 1 atom stereocenters. The van der Waals surface area contributed by atoms with Gasteiger partial charge in [-0.05, 0) is 36.6 Å². The van der Waals surface area contributed by atoms with Gasteiger partial charge >= 0.3 is 5.97 Å². The first kappa shape index (κ1) is 14.6. The number of carboxylic acids is 1. The summed E-state index contributed by atoms with van der Waals surface area (Å²) in [7, 11) is 0. The van der Waals surface area contributed by atoms with Crippen molar-refractivity contribution in [2.45, 2.75) is 25.5 Å². The Morgan fingerprint density at radius 2 is 2.18 bits per heavy atom. The molecule has 0 aliphatic carbocycles. The zero-order chi connectivity index (χ0) is 15.5. The van der Waals surface area contributed by atoms with Gasteiger partial charge in [0.05, 0.1) is 18.2 Å². The van der Waals surface area contributed by atoms with Crippen LogP contribution >= 0.6 is 0 Å². The normalized spacial score (nSPS) is 15.4. The smallest absolute Gasteiger partial charge is 0.336 e. The fraction of sp³-hybridized carbons (Fsp3) is 0.375. The van der Waals surface area contributed by atoms with Crippen LogP contribution in [-0.2, 0) is 13.0 Å². The largest absolute Gasteiger partial charge is 0.478 e. The van der Waals surface area contributed by atoms with E-state index in [1.165, 1.54) is 0 Å². The molecular weight excluding hydrogens is 282 g/mol. The third-order valence-corrected chi connectivity index (χ3v) is 3.97. The maximum Gasteiger partial charge on any atom is 0.336 e. The minimum absolute atomic E-state index is 0.365. The molecule has 2 N–H and O–H groups in total. The zero-order valence-corrected chi connectivity index (χ0v) is 12.2. The van der Waals surface area contributed by atoms with Crippen molar-refractivity contribution in [3.05, 3.63) is 47.8 Å². The molecular formula is C16H19N3O3. The SMILES string of the molecule is O=C(O)c1cccc2c1CCCN2CC(O)Cn1cccn1. The summed E-state index contributed by atoms with van der Waals surface area (Å²) in [6, 6.07) is 7.16. The Morgan fingerprint density at radius 3 is 2.91 bits per heavy atom. The number of carboxylic acid groups (broad SMARTS) is 1. The maximum absolute atomic E-state index is 11.3. The van der Waals surface area contributed by atoms with Gasteiger partial charge in [0.15, 0.2) is 0 Å². The molecule has 1 aliphatic rings. The molecule has 1 unspecified atom stereocenters. The second-order valence-electron chi connectivity index (χ2n) is 5.54. The lowest BCUT2D eigenvalue weighted by molar-refractivity contribution is 0.0695. The number of aliphatic hydroxyl groups is 1. The average Bonchev–Trinajstić information content (AvgIpc) is 2.99. The second kappa shape index (κ2) is 6.19. The van der Waals surface area contributed by atoms with E-state index in [1.807, 2.05) is 18.3 Å². The first-order chi connectivity index (χ1) is 10.6. The van der Waals surface area contributed by atoms with Crippen LogP contribution in [0.3, 0.4) is 0 Å². The van der Waals surface area contributed by atoms with Gasteiger partial charge in [0.25, 0.3) is 0 Å². The summed E-state index contributed by atoms with van der Waals surface area (Å²) in [6.07, 6.45) is 4.60. The van der Waals surface area contributed by atoms with Crippen LogP contribution in [0.25, 0.3) is 0 Å². The van der Waals surface area contributed by atoms with Crippen LogP contribution in [0.5, 0.6) is 0 Å². The summed E-state index contributed by atoms with van der Waals surface area (Å²) in [5.41, 5.74) is 2.15. The van der Waals surface area contributed by atoms with E-state index in [2.05, 4.69) is 10.00 Å². The van der Waals surface area contributed by atoms with Gasteiger partial charge in [0, 0.05) is 31.2 Å². The van der Waals surface area contributed by atoms with Crippen LogP contribution in [0.2, 0.25) is 0 Å². The van der Waals surface area contributed by atoms with E-state index >= 15 is 0 Å². The monoisotopic (exact) mass is 301 g/mol. The van der Waals surface area contributed by atoms with Gasteiger partial charge in [0.1, 0.15) is 0 Å². The van der Waals surface area contributed by atoms with E-state index in [0.29, 0.717) is 18.7 Å². The molecule has 22 heavy (non-hydrogen) atoms. The molecule has 116 valence electrons. The van der Waals surface area contributed by atoms with E-state index in [4.69, 9.17) is 0 Å². The number of anilines is 1. The van der Waals surface area contributed by atoms with Crippen LogP contribution in [0.4, 0.5) is 5.69 Å². The van der Waals surface area contributed by atoms with Crippen molar-refractivity contribution in [1.29, 1.82) is 0 Å². The minimum atomic E-state index is -0.893. The van der Waals surface area contributed by atoms with Crippen LogP contribution in [0.15, 0.2) is 36.7 Å². The number of rotatable bonds is 5. The van der Waals surface area contributed by atoms with Crippen molar-refractivity contribution in [3.63, 3.8) is 0 Å². The Kier molecular flexibility index (Phi) is 4.11. The van der Waals surface area contributed by atoms with Gasteiger partial charge in [-0.3, -0.25) is 4.68 Å². The number of aromatic carboxylic acids is 1. The summed E-state index contributed by atoms with van der Waals surface area (Å²) in [4.78, 5) is 13.4. The molecule has 1 aromatic carbocycles. The number of aliphatic hydroxyl groups excluding tert-OH is 1. The fourth-order valence-electron chi connectivity index (χ4n) is 3.03. The summed E-state index contributed by atoms with van der Waals surface area (Å²) in [5.74, 6) is -0.893. The molecule has 0 amide bonds. The first-order valence-corrected chi connectivity index (χ1v) is 7.41. The third kappa shape index (κ3) is 2.96. The van der Waals surface area contributed by atoms with Crippen molar-refractivity contribution >= 4 is 11.7 Å². The number of hydrogen-bond donors (Lipinski definition) is 2. The highest BCUT2D eigenvalue weighted by Gasteiger charge is 2.23. The molecule has 6 nitrogen and oxygen atoms in total. The van der Waals surface area contributed by atoms with E-state index < -0.39 is 12.1 Å². The lowest BCUT2D eigenvalue weighted by Crippen LogP contribution is -2.38. The molecule has 3 rings (SSSR count). The van der Waals surface area contributed by atoms with Crippen LogP contribution in [-0.4, -0.2) is 45.2 Å². The average molecular weight is 301 g/mol. The predicted molar refractivity (Wildman–Crippen MR) is 82.2 cm³/mol. The fourth-order valence-corrected chi connectivity index (χ4v) is 3.03. The number of nitrogens with zero attached hydrogens (tertiary/aromatic N) is 3. The number of benzene rings is 1. The molecule has 0 spiro atoms. The van der Waals surface area contributed by atoms with E-state index in [-0.39, 0.29) is 0 Å². The molecule has 0 fully saturated rings. The highest BCUT2D eigenvalue weighted by atomic mass is 16.4. The molecule has 0 saturated heterocycles. The van der Waals surface area contributed by atoms with Crippen molar-refractivity contribution in [1.82, 2.24) is 9.78 Å². The molecule has 2 heterocycles. The Morgan fingerprint density at radius 1 is 1.32 bits per heavy atom. The summed E-state index contributed by atoms with van der Waals surface area (Å²) in [6.45, 7) is 1.72. The second-order valence-corrected chi connectivity index (χ2v) is 5.54. The number of hydrogen-bond acceptors (Lipinski definition) is 4. The predicted octanol–water partition coefficient (Wildman–Crippen LogP) is 1.40. The standard InChI is InChI=1S/C16H19N3O3/c20-12(11-19-9-3-7-17-19)10-18-8-2-5-13-14(16(21)22)4-1-6-15(13)18/h1,3-4,6-7,9,12,20H,2,5,8,10-11H2,(H,21,22). The molecule has 6 heteroatoms. The molecule has 1 aliphatic heterocycles. The quantitative estimate of drug-likeness (QED) is 0.872. The molecule has 0 saturated carbocycles. The van der Waals surface area contributed by atoms with Gasteiger partial charge in [0.2, 0.25) is 0 Å². The van der Waals surface area contributed by atoms with E-state index in [1.54, 1.807) is 23.0 Å². The summed E-state index contributed by atoms with van der Waals surface area (Å²) in [5, 5.41) is 23.7. The molecule has 0 bridgehead atoms. The Balaban J connectivity index is 1.77. The summed E-state index contributed by atoms with van der Waals surface area (Å²) < 4.78 is 1.70. The van der Waals surface area contributed by atoms with Crippen molar-refractivity contribution in [2.24, 2.45) is 0 Å². The van der Waals surface area contributed by atoms with Gasteiger partial charge in [-0.2, -0.15) is 5.10 Å². The number of fused-ring (bicyclic) bond motifs is 1. The topological polar surface area (TPSA) is 78.6 Å². The molecule has 2 aromatic rings. The summed E-state index contributed by atoms with van der Waals surface area (Å²) >= 11 is 0. The van der Waals surface area contributed by atoms with Gasteiger partial charge in [-0.1, -0.05) is 6.07 Å². The Hall–Kier alpha value is -2.34. The van der Waals surface area contributed by atoms with Crippen LogP contribution < -0.4 is 4.90 Å². The highest BCUT2D eigenvalue weighted by molar-refractivity contribution is 5.91. The third-order valence-electron chi connectivity index (χ3n) is 3.97. The molecule has 0 radical (unpaired) electrons. The van der Waals surface area contributed by atoms with Gasteiger partial charge in [-0.15, -0.1) is 0 Å². The minimum Gasteiger partial charge on any atom is -0.478 e. The highest BCUT2D eigenvalue weighted by Crippen LogP contribution is 2.30. The van der Waals surface area contributed by atoms with Crippen molar-refractivity contribution in [2.75, 3.05) is 18.0 Å². The number of carbonyl (C=O) groups is 1. The first-order valence-electron chi connectivity index (χ1n) is 7.41. The Bertz CT molecular complexity index is 655. The number of β-amino-alcohol motifs (C(OH)–C–C–N with tert-alkyl or cyclic N) is 1. The van der Waals surface area contributed by atoms with Crippen LogP contribution in [0, 0.1) is 0 Å². The zero-order valence-electron chi connectivity index (χ0n) is 12.2. The van der Waals surface area contributed by atoms with Gasteiger partial charge < -0.3 is 15.1 Å². The lowest BCUT2D eigenvalue weighted by Gasteiger charge is -2.33. The lowest BCUT2D eigenvalue weighted by atomic mass is 9.96. The maximum atomic E-state index is 11.3. The van der Waals surface area contributed by atoms with Crippen molar-refractivity contribution in [3.8, 4) is 0 Å².